The molecule has 0 aliphatic carbocycles. The van der Waals surface area contributed by atoms with E-state index in [0.717, 1.165) is 0 Å². The lowest BCUT2D eigenvalue weighted by atomic mass is 9.87. The lowest BCUT2D eigenvalue weighted by Crippen LogP contribution is -2.59. The second-order valence-electron chi connectivity index (χ2n) is 6.07. The fourth-order valence-corrected chi connectivity index (χ4v) is 3.20. The standard InChI is InChI=1S/C14H21N5O5/c1-2-7(21)3-14-12(15)16-5-17-13(14)19(6-18-14)11-10(23)9(22)8(4-20)24-11/h5-6,8-11,13,20,22-23H,2-4H2,1H3,(H2,15,16,17)/t8-,9-,10-,11-,13?,14?/m1/s1. The highest BCUT2D eigenvalue weighted by Gasteiger charge is 2.56. The van der Waals surface area contributed by atoms with E-state index >= 15 is 0 Å². The minimum absolute atomic E-state index is 0.0304. The third-order valence-electron chi connectivity index (χ3n) is 4.65. The van der Waals surface area contributed by atoms with Crippen molar-refractivity contribution in [2.24, 2.45) is 20.7 Å². The van der Waals surface area contributed by atoms with Gasteiger partial charge in [0.2, 0.25) is 0 Å². The van der Waals surface area contributed by atoms with E-state index in [-0.39, 0.29) is 18.0 Å². The van der Waals surface area contributed by atoms with E-state index in [9.17, 15) is 20.1 Å². The molecular weight excluding hydrogens is 318 g/mol. The molecule has 2 unspecified atom stereocenters. The number of amidine groups is 1. The second kappa shape index (κ2) is 6.20. The molecule has 1 saturated heterocycles. The highest BCUT2D eigenvalue weighted by molar-refractivity contribution is 6.03. The summed E-state index contributed by atoms with van der Waals surface area (Å²) in [6.45, 7) is 1.31. The second-order valence-corrected chi connectivity index (χ2v) is 6.07. The van der Waals surface area contributed by atoms with Crippen molar-refractivity contribution in [1.82, 2.24) is 4.90 Å². The van der Waals surface area contributed by atoms with Crippen molar-refractivity contribution in [3.8, 4) is 0 Å². The van der Waals surface area contributed by atoms with Crippen molar-refractivity contribution in [2.75, 3.05) is 6.61 Å². The Balaban J connectivity index is 1.89. The first-order chi connectivity index (χ1) is 11.4. The molecule has 0 aromatic rings. The topological polar surface area (TPSA) is 153 Å². The number of rotatable bonds is 5. The fourth-order valence-electron chi connectivity index (χ4n) is 3.20. The van der Waals surface area contributed by atoms with Gasteiger partial charge in [-0.2, -0.15) is 0 Å². The van der Waals surface area contributed by atoms with Gasteiger partial charge in [-0.15, -0.1) is 0 Å². The first-order valence-corrected chi connectivity index (χ1v) is 7.77. The Morgan fingerprint density at radius 3 is 2.83 bits per heavy atom. The van der Waals surface area contributed by atoms with Crippen LogP contribution in [0.4, 0.5) is 0 Å². The van der Waals surface area contributed by atoms with Crippen LogP contribution in [0.5, 0.6) is 0 Å². The Hall–Kier alpha value is -1.88. The largest absolute Gasteiger partial charge is 0.394 e. The Morgan fingerprint density at radius 1 is 1.46 bits per heavy atom. The SMILES string of the molecule is CCC(=O)CC12N=CN([C@@H]3O[C@H](CO)[C@@H](O)[C@H]3O)C1N=CN=C2N. The molecule has 0 aromatic heterocycles. The monoisotopic (exact) mass is 339 g/mol. The van der Waals surface area contributed by atoms with E-state index in [1.165, 1.54) is 17.6 Å². The summed E-state index contributed by atoms with van der Waals surface area (Å²) in [5.74, 6) is 0.116. The van der Waals surface area contributed by atoms with Gasteiger partial charge in [0.25, 0.3) is 0 Å². The Kier molecular flexibility index (Phi) is 4.38. The van der Waals surface area contributed by atoms with Gasteiger partial charge >= 0.3 is 0 Å². The summed E-state index contributed by atoms with van der Waals surface area (Å²) in [5, 5.41) is 29.4. The van der Waals surface area contributed by atoms with Crippen LogP contribution in [0.15, 0.2) is 15.0 Å². The smallest absolute Gasteiger partial charge is 0.167 e. The van der Waals surface area contributed by atoms with Crippen LogP contribution in [-0.2, 0) is 9.53 Å². The number of aliphatic hydroxyl groups excluding tert-OH is 3. The molecule has 3 rings (SSSR count). The van der Waals surface area contributed by atoms with Gasteiger partial charge in [0, 0.05) is 12.8 Å². The number of nitrogens with zero attached hydrogens (tertiary/aromatic N) is 4. The van der Waals surface area contributed by atoms with Crippen LogP contribution >= 0.6 is 0 Å². The first kappa shape index (κ1) is 17.0. The van der Waals surface area contributed by atoms with Gasteiger partial charge in [-0.1, -0.05) is 6.92 Å². The number of aliphatic hydroxyl groups is 3. The predicted octanol–water partition coefficient (Wildman–Crippen LogP) is -2.40. The molecule has 3 heterocycles. The summed E-state index contributed by atoms with van der Waals surface area (Å²) >= 11 is 0. The molecule has 24 heavy (non-hydrogen) atoms. The maximum atomic E-state index is 12.0. The Bertz CT molecular complexity index is 608. The fraction of sp³-hybridized carbons (Fsp3) is 0.714. The molecule has 0 amide bonds. The molecule has 6 atom stereocenters. The minimum atomic E-state index is -1.26. The van der Waals surface area contributed by atoms with Gasteiger partial charge in [0.15, 0.2) is 17.9 Å². The maximum absolute atomic E-state index is 12.0. The Labute approximate surface area is 138 Å². The van der Waals surface area contributed by atoms with Crippen molar-refractivity contribution < 1.29 is 24.9 Å². The molecule has 3 aliphatic heterocycles. The molecule has 0 radical (unpaired) electrons. The average Bonchev–Trinajstić information content (AvgIpc) is 3.08. The number of hydrogen-bond acceptors (Lipinski definition) is 10. The minimum Gasteiger partial charge on any atom is -0.394 e. The lowest BCUT2D eigenvalue weighted by molar-refractivity contribution is -0.120. The van der Waals surface area contributed by atoms with Crippen LogP contribution in [0, 0.1) is 0 Å². The predicted molar refractivity (Wildman–Crippen MR) is 84.6 cm³/mol. The number of hydrogen-bond donors (Lipinski definition) is 4. The molecule has 3 aliphatic rings. The third-order valence-corrected chi connectivity index (χ3v) is 4.65. The van der Waals surface area contributed by atoms with E-state index in [1.54, 1.807) is 6.92 Å². The zero-order valence-corrected chi connectivity index (χ0v) is 13.2. The van der Waals surface area contributed by atoms with Gasteiger partial charge in [-0.25, -0.2) is 9.98 Å². The van der Waals surface area contributed by atoms with E-state index in [0.29, 0.717) is 6.42 Å². The van der Waals surface area contributed by atoms with E-state index in [2.05, 4.69) is 15.0 Å². The average molecular weight is 339 g/mol. The van der Waals surface area contributed by atoms with Gasteiger partial charge in [-0.05, 0) is 0 Å². The lowest BCUT2D eigenvalue weighted by Gasteiger charge is -2.37. The molecule has 0 aromatic carbocycles. The number of Topliss-reactive ketones (excluding diaryl/α,β-unsaturated/α-hetero) is 1. The zero-order valence-electron chi connectivity index (χ0n) is 13.2. The van der Waals surface area contributed by atoms with E-state index in [1.807, 2.05) is 0 Å². The van der Waals surface area contributed by atoms with Gasteiger partial charge < -0.3 is 30.7 Å². The van der Waals surface area contributed by atoms with Crippen LogP contribution in [0.2, 0.25) is 0 Å². The number of carbonyl (C=O) groups excluding carboxylic acids is 1. The molecule has 10 heteroatoms. The molecule has 1 fully saturated rings. The van der Waals surface area contributed by atoms with E-state index in [4.69, 9.17) is 10.5 Å². The number of carbonyl (C=O) groups is 1. The molecule has 132 valence electrons. The summed E-state index contributed by atoms with van der Waals surface area (Å²) in [6, 6.07) is 0. The number of nitrogens with two attached hydrogens (primary N) is 1. The Morgan fingerprint density at radius 2 is 2.21 bits per heavy atom. The number of ketones is 1. The molecule has 0 bridgehead atoms. The van der Waals surface area contributed by atoms with Crippen LogP contribution < -0.4 is 5.73 Å². The normalized spacial score (nSPS) is 40.8. The molecule has 5 N–H and O–H groups in total. The summed E-state index contributed by atoms with van der Waals surface area (Å²) < 4.78 is 5.52. The van der Waals surface area contributed by atoms with Gasteiger partial charge in [0.1, 0.15) is 36.3 Å². The maximum Gasteiger partial charge on any atom is 0.167 e. The summed E-state index contributed by atoms with van der Waals surface area (Å²) in [7, 11) is 0. The van der Waals surface area contributed by atoms with Crippen molar-refractivity contribution in [1.29, 1.82) is 0 Å². The van der Waals surface area contributed by atoms with Crippen LogP contribution in [0.25, 0.3) is 0 Å². The first-order valence-electron chi connectivity index (χ1n) is 7.77. The van der Waals surface area contributed by atoms with Crippen molar-refractivity contribution >= 4 is 24.3 Å². The summed E-state index contributed by atoms with van der Waals surface area (Å²) in [5.41, 5.74) is 4.86. The summed E-state index contributed by atoms with van der Waals surface area (Å²) in [4.78, 5) is 26.1. The molecular formula is C14H21N5O5. The molecule has 10 nitrogen and oxygen atoms in total. The van der Waals surface area contributed by atoms with Crippen LogP contribution in [0.1, 0.15) is 19.8 Å². The highest BCUT2D eigenvalue weighted by atomic mass is 16.6. The summed E-state index contributed by atoms with van der Waals surface area (Å²) in [6.07, 6.45) is -2.05. The zero-order chi connectivity index (χ0) is 17.5. The van der Waals surface area contributed by atoms with Gasteiger partial charge in [-0.3, -0.25) is 9.79 Å². The highest BCUT2D eigenvalue weighted by Crippen LogP contribution is 2.37. The number of ether oxygens (including phenoxy) is 1. The number of aliphatic imine (C=N–C) groups is 3. The van der Waals surface area contributed by atoms with Crippen molar-refractivity contribution in [3.63, 3.8) is 0 Å². The van der Waals surface area contributed by atoms with Gasteiger partial charge in [0.05, 0.1) is 12.9 Å². The van der Waals surface area contributed by atoms with Crippen LogP contribution in [-0.4, -0.2) is 87.4 Å². The third kappa shape index (κ3) is 2.42. The number of fused-ring (bicyclic) bond motifs is 1. The van der Waals surface area contributed by atoms with Crippen LogP contribution in [0.3, 0.4) is 0 Å². The van der Waals surface area contributed by atoms with Crippen molar-refractivity contribution in [3.05, 3.63) is 0 Å². The van der Waals surface area contributed by atoms with Crippen molar-refractivity contribution in [2.45, 2.75) is 56.0 Å². The molecule has 0 saturated carbocycles. The molecule has 0 spiro atoms. The van der Waals surface area contributed by atoms with E-state index < -0.39 is 42.9 Å². The quantitative estimate of drug-likeness (QED) is 0.435.